The van der Waals surface area contributed by atoms with E-state index >= 15 is 0 Å². The van der Waals surface area contributed by atoms with Gasteiger partial charge in [0.15, 0.2) is 0 Å². The standard InChI is InChI=1S/C20H25NO4S/c1-25-19(24)17-8-7-16(26-17)12-21-10-9-18(23)20(13-21,14-22)11-15-5-3-2-4-6-15/h2-8,18,22-23H,9-14H2,1H3/t18-,20+/m1/s1. The van der Waals surface area contributed by atoms with Gasteiger partial charge in [0, 0.05) is 29.9 Å². The van der Waals surface area contributed by atoms with Crippen molar-refractivity contribution in [1.29, 1.82) is 0 Å². The third kappa shape index (κ3) is 4.15. The molecule has 140 valence electrons. The lowest BCUT2D eigenvalue weighted by Gasteiger charge is -2.45. The molecule has 0 bridgehead atoms. The Labute approximate surface area is 157 Å². The van der Waals surface area contributed by atoms with E-state index in [9.17, 15) is 15.0 Å². The summed E-state index contributed by atoms with van der Waals surface area (Å²) in [6.07, 6.45) is 0.737. The fourth-order valence-corrected chi connectivity index (χ4v) is 4.63. The first-order chi connectivity index (χ1) is 12.6. The van der Waals surface area contributed by atoms with E-state index in [1.54, 1.807) is 6.07 Å². The van der Waals surface area contributed by atoms with Crippen molar-refractivity contribution in [3.8, 4) is 0 Å². The third-order valence-electron chi connectivity index (χ3n) is 5.11. The predicted molar refractivity (Wildman–Crippen MR) is 101 cm³/mol. The lowest BCUT2D eigenvalue weighted by Crippen LogP contribution is -2.54. The summed E-state index contributed by atoms with van der Waals surface area (Å²) in [7, 11) is 1.38. The molecule has 26 heavy (non-hydrogen) atoms. The number of hydrogen-bond acceptors (Lipinski definition) is 6. The average Bonchev–Trinajstić information content (AvgIpc) is 3.13. The minimum atomic E-state index is -0.567. The monoisotopic (exact) mass is 375 g/mol. The van der Waals surface area contributed by atoms with E-state index in [2.05, 4.69) is 4.90 Å². The van der Waals surface area contributed by atoms with Crippen LogP contribution in [-0.2, 0) is 17.7 Å². The number of hydrogen-bond donors (Lipinski definition) is 2. The van der Waals surface area contributed by atoms with Gasteiger partial charge in [0.2, 0.25) is 0 Å². The maximum absolute atomic E-state index is 11.6. The zero-order valence-electron chi connectivity index (χ0n) is 14.9. The van der Waals surface area contributed by atoms with Gasteiger partial charge >= 0.3 is 5.97 Å². The van der Waals surface area contributed by atoms with Crippen molar-refractivity contribution in [1.82, 2.24) is 4.90 Å². The first kappa shape index (κ1) is 19.0. The van der Waals surface area contributed by atoms with Crippen LogP contribution in [0.15, 0.2) is 42.5 Å². The number of thiophene rings is 1. The normalized spacial score (nSPS) is 23.7. The Morgan fingerprint density at radius 1 is 1.31 bits per heavy atom. The molecule has 0 amide bonds. The minimum Gasteiger partial charge on any atom is -0.465 e. The summed E-state index contributed by atoms with van der Waals surface area (Å²) in [5.74, 6) is -0.316. The number of methoxy groups -OCH3 is 1. The number of ether oxygens (including phenoxy) is 1. The molecule has 6 heteroatoms. The van der Waals surface area contributed by atoms with E-state index in [-0.39, 0.29) is 12.6 Å². The highest BCUT2D eigenvalue weighted by Crippen LogP contribution is 2.35. The molecule has 0 unspecified atom stereocenters. The first-order valence-corrected chi connectivity index (χ1v) is 9.60. The number of benzene rings is 1. The van der Waals surface area contributed by atoms with Gasteiger partial charge in [-0.25, -0.2) is 4.79 Å². The summed E-state index contributed by atoms with van der Waals surface area (Å²) in [4.78, 5) is 15.5. The molecule has 2 heterocycles. The van der Waals surface area contributed by atoms with Crippen LogP contribution >= 0.6 is 11.3 Å². The first-order valence-electron chi connectivity index (χ1n) is 8.78. The van der Waals surface area contributed by atoms with Gasteiger partial charge in [-0.05, 0) is 30.5 Å². The van der Waals surface area contributed by atoms with Crippen LogP contribution in [0.4, 0.5) is 0 Å². The molecule has 0 radical (unpaired) electrons. The average molecular weight is 375 g/mol. The second-order valence-electron chi connectivity index (χ2n) is 6.96. The topological polar surface area (TPSA) is 70.0 Å². The minimum absolute atomic E-state index is 0.0581. The van der Waals surface area contributed by atoms with Crippen LogP contribution in [0.3, 0.4) is 0 Å². The SMILES string of the molecule is COC(=O)c1ccc(CN2CC[C@@H](O)[C@@](CO)(Cc3ccccc3)C2)s1. The highest BCUT2D eigenvalue weighted by Gasteiger charge is 2.42. The number of carbonyl (C=O) groups is 1. The Hall–Kier alpha value is -1.73. The van der Waals surface area contributed by atoms with E-state index in [4.69, 9.17) is 4.74 Å². The van der Waals surface area contributed by atoms with Crippen molar-refractivity contribution < 1.29 is 19.7 Å². The van der Waals surface area contributed by atoms with E-state index in [1.807, 2.05) is 36.4 Å². The quantitative estimate of drug-likeness (QED) is 0.759. The van der Waals surface area contributed by atoms with Gasteiger partial charge in [0.1, 0.15) is 4.88 Å². The molecule has 2 N–H and O–H groups in total. The lowest BCUT2D eigenvalue weighted by molar-refractivity contribution is -0.0766. The van der Waals surface area contributed by atoms with Crippen molar-refractivity contribution in [2.45, 2.75) is 25.5 Å². The van der Waals surface area contributed by atoms with Gasteiger partial charge in [-0.15, -0.1) is 11.3 Å². The molecule has 1 aromatic carbocycles. The van der Waals surface area contributed by atoms with Crippen LogP contribution in [0.25, 0.3) is 0 Å². The highest BCUT2D eigenvalue weighted by atomic mass is 32.1. The number of esters is 1. The summed E-state index contributed by atoms with van der Waals surface area (Å²) >= 11 is 1.43. The van der Waals surface area contributed by atoms with E-state index in [1.165, 1.54) is 18.4 Å². The van der Waals surface area contributed by atoms with Crippen LogP contribution in [-0.4, -0.2) is 54.0 Å². The van der Waals surface area contributed by atoms with Gasteiger partial charge in [0.05, 0.1) is 19.8 Å². The molecule has 0 saturated carbocycles. The molecule has 5 nitrogen and oxygen atoms in total. The number of likely N-dealkylation sites (tertiary alicyclic amines) is 1. The van der Waals surface area contributed by atoms with Crippen molar-refractivity contribution >= 4 is 17.3 Å². The molecule has 1 aromatic heterocycles. The van der Waals surface area contributed by atoms with Crippen molar-refractivity contribution in [2.75, 3.05) is 26.8 Å². The van der Waals surface area contributed by atoms with E-state index in [0.717, 1.165) is 17.0 Å². The number of aliphatic hydroxyl groups excluding tert-OH is 2. The Kier molecular flexibility index (Phi) is 6.09. The number of piperidine rings is 1. The zero-order chi connectivity index (χ0) is 18.6. The number of carbonyl (C=O) groups excluding carboxylic acids is 1. The molecule has 1 saturated heterocycles. The van der Waals surface area contributed by atoms with Crippen LogP contribution in [0, 0.1) is 5.41 Å². The number of aliphatic hydroxyl groups is 2. The van der Waals surface area contributed by atoms with Gasteiger partial charge in [-0.3, -0.25) is 4.90 Å². The van der Waals surface area contributed by atoms with E-state index in [0.29, 0.717) is 30.8 Å². The molecule has 2 aromatic rings. The molecule has 1 fully saturated rings. The molecule has 3 rings (SSSR count). The maximum atomic E-state index is 11.6. The Morgan fingerprint density at radius 3 is 2.77 bits per heavy atom. The molecular formula is C20H25NO4S. The summed E-state index contributed by atoms with van der Waals surface area (Å²) in [5.41, 5.74) is 0.550. The fourth-order valence-electron chi connectivity index (χ4n) is 3.66. The van der Waals surface area contributed by atoms with Crippen molar-refractivity contribution in [2.24, 2.45) is 5.41 Å². The molecule has 1 aliphatic heterocycles. The highest BCUT2D eigenvalue weighted by molar-refractivity contribution is 7.13. The van der Waals surface area contributed by atoms with E-state index < -0.39 is 11.5 Å². The van der Waals surface area contributed by atoms with Gasteiger partial charge in [-0.1, -0.05) is 30.3 Å². The molecule has 2 atom stereocenters. The van der Waals surface area contributed by atoms with Gasteiger partial charge < -0.3 is 14.9 Å². The van der Waals surface area contributed by atoms with Gasteiger partial charge in [0.25, 0.3) is 0 Å². The molecule has 0 spiro atoms. The zero-order valence-corrected chi connectivity index (χ0v) is 15.7. The van der Waals surface area contributed by atoms with Crippen molar-refractivity contribution in [3.05, 3.63) is 57.8 Å². The Morgan fingerprint density at radius 2 is 2.08 bits per heavy atom. The smallest absolute Gasteiger partial charge is 0.348 e. The molecular weight excluding hydrogens is 350 g/mol. The number of nitrogens with zero attached hydrogens (tertiary/aromatic N) is 1. The maximum Gasteiger partial charge on any atom is 0.348 e. The molecule has 1 aliphatic rings. The summed E-state index contributed by atoms with van der Waals surface area (Å²) < 4.78 is 4.76. The van der Waals surface area contributed by atoms with Crippen LogP contribution in [0.1, 0.15) is 26.5 Å². The third-order valence-corrected chi connectivity index (χ3v) is 6.16. The van der Waals surface area contributed by atoms with Crippen LogP contribution in [0.2, 0.25) is 0 Å². The predicted octanol–water partition coefficient (Wildman–Crippen LogP) is 2.32. The summed E-state index contributed by atoms with van der Waals surface area (Å²) in [5, 5.41) is 20.7. The fraction of sp³-hybridized carbons (Fsp3) is 0.450. The van der Waals surface area contributed by atoms with Crippen LogP contribution in [0.5, 0.6) is 0 Å². The van der Waals surface area contributed by atoms with Crippen molar-refractivity contribution in [3.63, 3.8) is 0 Å². The Balaban J connectivity index is 1.72. The summed E-state index contributed by atoms with van der Waals surface area (Å²) in [6, 6.07) is 13.7. The Bertz CT molecular complexity index is 732. The van der Waals surface area contributed by atoms with Crippen LogP contribution < -0.4 is 0 Å². The second-order valence-corrected chi connectivity index (χ2v) is 8.12. The van der Waals surface area contributed by atoms with Gasteiger partial charge in [-0.2, -0.15) is 0 Å². The largest absolute Gasteiger partial charge is 0.465 e. The number of rotatable bonds is 6. The lowest BCUT2D eigenvalue weighted by atomic mass is 9.73. The molecule has 0 aliphatic carbocycles. The second kappa shape index (κ2) is 8.31. The summed E-state index contributed by atoms with van der Waals surface area (Å²) in [6.45, 7) is 2.02.